The Morgan fingerprint density at radius 2 is 1.96 bits per heavy atom. The van der Waals surface area contributed by atoms with Crippen LogP contribution >= 0.6 is 23.4 Å². The molecule has 6 heteroatoms. The molecule has 0 fully saturated rings. The molecule has 3 nitrogen and oxygen atoms in total. The Morgan fingerprint density at radius 1 is 1.24 bits per heavy atom. The molecule has 2 rings (SSSR count). The number of amides is 1. The van der Waals surface area contributed by atoms with E-state index in [1.165, 1.54) is 12.1 Å². The zero-order valence-electron chi connectivity index (χ0n) is 14.0. The average Bonchev–Trinajstić information content (AvgIpc) is 2.62. The Hall–Kier alpha value is -1.72. The summed E-state index contributed by atoms with van der Waals surface area (Å²) in [7, 11) is 0. The van der Waals surface area contributed by atoms with E-state index in [1.54, 1.807) is 23.9 Å². The van der Waals surface area contributed by atoms with Gasteiger partial charge in [-0.05, 0) is 30.2 Å². The number of hydrogen-bond acceptors (Lipinski definition) is 3. The van der Waals surface area contributed by atoms with E-state index < -0.39 is 11.9 Å². The van der Waals surface area contributed by atoms with Crippen molar-refractivity contribution < 1.29 is 13.9 Å². The van der Waals surface area contributed by atoms with Gasteiger partial charge in [-0.15, -0.1) is 0 Å². The second kappa shape index (κ2) is 10.3. The first kappa shape index (κ1) is 19.6. The normalized spacial score (nSPS) is 11.8. The van der Waals surface area contributed by atoms with E-state index in [4.69, 9.17) is 16.3 Å². The van der Waals surface area contributed by atoms with Gasteiger partial charge < -0.3 is 10.1 Å². The second-order valence-corrected chi connectivity index (χ2v) is 6.89. The third-order valence-electron chi connectivity index (χ3n) is 3.53. The van der Waals surface area contributed by atoms with Crippen LogP contribution in [0.4, 0.5) is 4.39 Å². The van der Waals surface area contributed by atoms with E-state index in [9.17, 15) is 9.18 Å². The van der Waals surface area contributed by atoms with Crippen LogP contribution in [0.5, 0.6) is 5.75 Å². The topological polar surface area (TPSA) is 38.3 Å². The molecule has 0 heterocycles. The molecule has 0 spiro atoms. The van der Waals surface area contributed by atoms with Crippen molar-refractivity contribution in [3.63, 3.8) is 0 Å². The summed E-state index contributed by atoms with van der Waals surface area (Å²) in [6.45, 7) is 2.35. The maximum Gasteiger partial charge on any atom is 0.261 e. The number of nitrogens with one attached hydrogen (secondary N) is 1. The Balaban J connectivity index is 1.73. The van der Waals surface area contributed by atoms with Gasteiger partial charge in [-0.3, -0.25) is 4.79 Å². The lowest BCUT2D eigenvalue weighted by Crippen LogP contribution is -2.39. The molecule has 1 amide bonds. The monoisotopic (exact) mass is 381 g/mol. The first-order valence-corrected chi connectivity index (χ1v) is 9.65. The molecule has 1 atom stereocenters. The second-order valence-electron chi connectivity index (χ2n) is 5.38. The van der Waals surface area contributed by atoms with Crippen molar-refractivity contribution in [3.05, 3.63) is 64.9 Å². The molecule has 0 aliphatic rings. The van der Waals surface area contributed by atoms with E-state index in [2.05, 4.69) is 5.32 Å². The van der Waals surface area contributed by atoms with Crippen molar-refractivity contribution in [2.75, 3.05) is 12.3 Å². The van der Waals surface area contributed by atoms with E-state index in [-0.39, 0.29) is 11.7 Å². The lowest BCUT2D eigenvalue weighted by molar-refractivity contribution is -0.128. The number of para-hydroxylation sites is 1. The van der Waals surface area contributed by atoms with Crippen LogP contribution in [0.25, 0.3) is 0 Å². The molecular weight excluding hydrogens is 361 g/mol. The zero-order valence-corrected chi connectivity index (χ0v) is 15.6. The van der Waals surface area contributed by atoms with Crippen molar-refractivity contribution in [3.8, 4) is 5.75 Å². The Labute approximate surface area is 156 Å². The summed E-state index contributed by atoms with van der Waals surface area (Å²) in [5.74, 6) is 0.941. The van der Waals surface area contributed by atoms with Crippen molar-refractivity contribution in [1.82, 2.24) is 5.32 Å². The van der Waals surface area contributed by atoms with Crippen LogP contribution in [-0.4, -0.2) is 24.3 Å². The maximum absolute atomic E-state index is 13.6. The fourth-order valence-corrected chi connectivity index (χ4v) is 3.32. The molecule has 0 unspecified atom stereocenters. The van der Waals surface area contributed by atoms with Crippen LogP contribution < -0.4 is 10.1 Å². The summed E-state index contributed by atoms with van der Waals surface area (Å²) < 4.78 is 19.1. The molecule has 0 aliphatic carbocycles. The molecule has 0 saturated carbocycles. The Morgan fingerprint density at radius 3 is 2.68 bits per heavy atom. The number of rotatable bonds is 9. The fraction of sp³-hybridized carbons (Fsp3) is 0.316. The number of thioether (sulfide) groups is 1. The van der Waals surface area contributed by atoms with Crippen molar-refractivity contribution >= 4 is 29.3 Å². The molecule has 0 radical (unpaired) electrons. The highest BCUT2D eigenvalue weighted by atomic mass is 35.5. The predicted octanol–water partition coefficient (Wildman–Crippen LogP) is 4.69. The summed E-state index contributed by atoms with van der Waals surface area (Å²) >= 11 is 7.80. The molecule has 0 aromatic heterocycles. The molecule has 0 saturated heterocycles. The summed E-state index contributed by atoms with van der Waals surface area (Å²) in [5, 5.41) is 3.59. The van der Waals surface area contributed by atoms with E-state index in [1.807, 2.05) is 31.2 Å². The number of halogens is 2. The fourth-order valence-electron chi connectivity index (χ4n) is 2.17. The van der Waals surface area contributed by atoms with Crippen LogP contribution in [-0.2, 0) is 10.5 Å². The molecule has 2 aromatic rings. The smallest absolute Gasteiger partial charge is 0.261 e. The van der Waals surface area contributed by atoms with Crippen LogP contribution in [0, 0.1) is 5.82 Å². The van der Waals surface area contributed by atoms with Crippen molar-refractivity contribution in [2.45, 2.75) is 25.2 Å². The molecule has 134 valence electrons. The summed E-state index contributed by atoms with van der Waals surface area (Å²) in [5.41, 5.74) is 1.08. The Bertz CT molecular complexity index is 699. The van der Waals surface area contributed by atoms with Crippen LogP contribution in [0.1, 0.15) is 18.9 Å². The lowest BCUT2D eigenvalue weighted by Gasteiger charge is -2.17. The SMILES string of the molecule is CC[C@H](Oc1ccccc1F)C(=O)NCCSCc1ccccc1Cl. The van der Waals surface area contributed by atoms with Gasteiger partial charge in [0.1, 0.15) is 0 Å². The number of hydrogen-bond donors (Lipinski definition) is 1. The highest BCUT2D eigenvalue weighted by Gasteiger charge is 2.19. The maximum atomic E-state index is 13.6. The number of carbonyl (C=O) groups excluding carboxylic acids is 1. The van der Waals surface area contributed by atoms with Gasteiger partial charge >= 0.3 is 0 Å². The number of benzene rings is 2. The van der Waals surface area contributed by atoms with E-state index >= 15 is 0 Å². The van der Waals surface area contributed by atoms with Crippen molar-refractivity contribution in [1.29, 1.82) is 0 Å². The van der Waals surface area contributed by atoms with Gasteiger partial charge in [0.25, 0.3) is 5.91 Å². The molecule has 1 N–H and O–H groups in total. The Kier molecular flexibility index (Phi) is 8.09. The first-order valence-electron chi connectivity index (χ1n) is 8.12. The lowest BCUT2D eigenvalue weighted by atomic mass is 10.2. The average molecular weight is 382 g/mol. The van der Waals surface area contributed by atoms with Crippen LogP contribution in [0.15, 0.2) is 48.5 Å². The van der Waals surface area contributed by atoms with Crippen molar-refractivity contribution in [2.24, 2.45) is 0 Å². The first-order chi connectivity index (χ1) is 12.1. The molecule has 0 bridgehead atoms. The van der Waals surface area contributed by atoms with E-state index in [0.29, 0.717) is 13.0 Å². The minimum absolute atomic E-state index is 0.0950. The summed E-state index contributed by atoms with van der Waals surface area (Å²) in [4.78, 5) is 12.2. The third kappa shape index (κ3) is 6.25. The van der Waals surface area contributed by atoms with Gasteiger partial charge in [-0.2, -0.15) is 11.8 Å². The molecule has 2 aromatic carbocycles. The van der Waals surface area contributed by atoms with Gasteiger partial charge in [0.15, 0.2) is 17.7 Å². The van der Waals surface area contributed by atoms with Crippen LogP contribution in [0.2, 0.25) is 5.02 Å². The van der Waals surface area contributed by atoms with Gasteiger partial charge in [0.2, 0.25) is 0 Å². The summed E-state index contributed by atoms with van der Waals surface area (Å²) in [6, 6.07) is 13.8. The number of carbonyl (C=O) groups is 1. The van der Waals surface area contributed by atoms with E-state index in [0.717, 1.165) is 22.1 Å². The molecular formula is C19H21ClFNO2S. The minimum Gasteiger partial charge on any atom is -0.478 e. The number of ether oxygens (including phenoxy) is 1. The standard InChI is InChI=1S/C19H21ClFNO2S/c1-2-17(24-18-10-6-5-9-16(18)21)19(23)22-11-12-25-13-14-7-3-4-8-15(14)20/h3-10,17H,2,11-13H2,1H3,(H,22,23)/t17-/m0/s1. The quantitative estimate of drug-likeness (QED) is 0.640. The van der Waals surface area contributed by atoms with Crippen LogP contribution in [0.3, 0.4) is 0 Å². The largest absolute Gasteiger partial charge is 0.478 e. The van der Waals surface area contributed by atoms with Gasteiger partial charge in [-0.25, -0.2) is 4.39 Å². The van der Waals surface area contributed by atoms with Gasteiger partial charge in [-0.1, -0.05) is 48.9 Å². The molecule has 0 aliphatic heterocycles. The minimum atomic E-state index is -0.703. The summed E-state index contributed by atoms with van der Waals surface area (Å²) in [6.07, 6.45) is -0.238. The zero-order chi connectivity index (χ0) is 18.1. The highest BCUT2D eigenvalue weighted by Crippen LogP contribution is 2.20. The van der Waals surface area contributed by atoms with Gasteiger partial charge in [0, 0.05) is 23.1 Å². The predicted molar refractivity (Wildman–Crippen MR) is 102 cm³/mol. The third-order valence-corrected chi connectivity index (χ3v) is 4.91. The molecule has 25 heavy (non-hydrogen) atoms. The highest BCUT2D eigenvalue weighted by molar-refractivity contribution is 7.98. The van der Waals surface area contributed by atoms with Gasteiger partial charge in [0.05, 0.1) is 0 Å².